The van der Waals surface area contributed by atoms with E-state index in [9.17, 15) is 4.79 Å². The van der Waals surface area contributed by atoms with Crippen LogP contribution in [0.3, 0.4) is 0 Å². The van der Waals surface area contributed by atoms with E-state index in [-0.39, 0.29) is 12.1 Å². The van der Waals surface area contributed by atoms with Gasteiger partial charge in [0, 0.05) is 13.6 Å². The maximum absolute atomic E-state index is 12.7. The van der Waals surface area contributed by atoms with E-state index < -0.39 is 0 Å². The molecule has 0 radical (unpaired) electrons. The standard InChI is InChI=1S/C22H22N2O/c1-24(17-18-11-5-2-6-12-18)22(25)23-21(19-13-7-3-8-14-19)20-15-9-4-10-16-20/h2-16,21H,17H2,1H3,(H,23,25). The third kappa shape index (κ3) is 4.48. The first-order valence-corrected chi connectivity index (χ1v) is 8.39. The molecule has 0 aliphatic heterocycles. The molecule has 0 fully saturated rings. The van der Waals surface area contributed by atoms with Crippen LogP contribution in [0.5, 0.6) is 0 Å². The molecule has 3 heteroatoms. The monoisotopic (exact) mass is 330 g/mol. The van der Waals surface area contributed by atoms with Crippen molar-refractivity contribution < 1.29 is 4.79 Å². The largest absolute Gasteiger partial charge is 0.327 e. The van der Waals surface area contributed by atoms with Gasteiger partial charge in [-0.3, -0.25) is 0 Å². The van der Waals surface area contributed by atoms with Crippen LogP contribution in [0.25, 0.3) is 0 Å². The van der Waals surface area contributed by atoms with E-state index in [4.69, 9.17) is 0 Å². The van der Waals surface area contributed by atoms with Crippen LogP contribution in [0.4, 0.5) is 4.79 Å². The summed E-state index contributed by atoms with van der Waals surface area (Å²) < 4.78 is 0. The normalized spacial score (nSPS) is 10.5. The van der Waals surface area contributed by atoms with E-state index in [0.29, 0.717) is 6.54 Å². The predicted molar refractivity (Wildman–Crippen MR) is 101 cm³/mol. The van der Waals surface area contributed by atoms with Gasteiger partial charge < -0.3 is 10.2 Å². The Morgan fingerprint density at radius 3 is 1.72 bits per heavy atom. The summed E-state index contributed by atoms with van der Waals surface area (Å²) in [5.41, 5.74) is 3.24. The zero-order chi connectivity index (χ0) is 17.5. The molecule has 3 nitrogen and oxygen atoms in total. The molecular weight excluding hydrogens is 308 g/mol. The van der Waals surface area contributed by atoms with Gasteiger partial charge in [0.05, 0.1) is 6.04 Å². The Kier molecular flexibility index (Phi) is 5.47. The molecule has 1 N–H and O–H groups in total. The number of nitrogens with zero attached hydrogens (tertiary/aromatic N) is 1. The second-order valence-corrected chi connectivity index (χ2v) is 6.05. The summed E-state index contributed by atoms with van der Waals surface area (Å²) in [7, 11) is 1.81. The number of urea groups is 1. The molecule has 3 rings (SSSR count). The van der Waals surface area contributed by atoms with E-state index in [1.807, 2.05) is 98.0 Å². The number of nitrogens with one attached hydrogen (secondary N) is 1. The molecule has 0 atom stereocenters. The number of carbonyl (C=O) groups excluding carboxylic acids is 1. The molecule has 3 aromatic rings. The molecular formula is C22H22N2O. The quantitative estimate of drug-likeness (QED) is 0.727. The number of benzene rings is 3. The third-order valence-electron chi connectivity index (χ3n) is 4.14. The van der Waals surface area contributed by atoms with Gasteiger partial charge in [0.25, 0.3) is 0 Å². The number of hydrogen-bond donors (Lipinski definition) is 1. The molecule has 0 aromatic heterocycles. The van der Waals surface area contributed by atoms with Crippen molar-refractivity contribution in [1.82, 2.24) is 10.2 Å². The lowest BCUT2D eigenvalue weighted by Gasteiger charge is -2.24. The first kappa shape index (κ1) is 16.8. The fourth-order valence-corrected chi connectivity index (χ4v) is 2.81. The van der Waals surface area contributed by atoms with Crippen molar-refractivity contribution in [3.05, 3.63) is 108 Å². The summed E-state index contributed by atoms with van der Waals surface area (Å²) in [5.74, 6) is 0. The molecule has 0 heterocycles. The Balaban J connectivity index is 1.77. The van der Waals surface area contributed by atoms with Crippen LogP contribution in [0.15, 0.2) is 91.0 Å². The van der Waals surface area contributed by atoms with Crippen molar-refractivity contribution in [3.8, 4) is 0 Å². The molecule has 0 unspecified atom stereocenters. The van der Waals surface area contributed by atoms with Gasteiger partial charge in [-0.1, -0.05) is 91.0 Å². The fourth-order valence-electron chi connectivity index (χ4n) is 2.81. The second-order valence-electron chi connectivity index (χ2n) is 6.05. The van der Waals surface area contributed by atoms with E-state index in [2.05, 4.69) is 5.32 Å². The Hall–Kier alpha value is -3.07. The molecule has 0 spiro atoms. The molecule has 0 aliphatic carbocycles. The van der Waals surface area contributed by atoms with Gasteiger partial charge in [0.2, 0.25) is 0 Å². The average molecular weight is 330 g/mol. The van der Waals surface area contributed by atoms with Crippen molar-refractivity contribution in [3.63, 3.8) is 0 Å². The van der Waals surface area contributed by atoms with E-state index >= 15 is 0 Å². The van der Waals surface area contributed by atoms with Gasteiger partial charge in [0.15, 0.2) is 0 Å². The summed E-state index contributed by atoms with van der Waals surface area (Å²) in [6.07, 6.45) is 0. The Morgan fingerprint density at radius 2 is 1.24 bits per heavy atom. The van der Waals surface area contributed by atoms with Gasteiger partial charge in [-0.25, -0.2) is 4.79 Å². The Labute approximate surface area is 148 Å². The predicted octanol–water partition coefficient (Wildman–Crippen LogP) is 4.62. The SMILES string of the molecule is CN(Cc1ccccc1)C(=O)NC(c1ccccc1)c1ccccc1. The maximum Gasteiger partial charge on any atom is 0.318 e. The van der Waals surface area contributed by atoms with E-state index in [1.165, 1.54) is 0 Å². The highest BCUT2D eigenvalue weighted by atomic mass is 16.2. The first-order valence-electron chi connectivity index (χ1n) is 8.39. The molecule has 25 heavy (non-hydrogen) atoms. The third-order valence-corrected chi connectivity index (χ3v) is 4.14. The number of hydrogen-bond acceptors (Lipinski definition) is 1. The summed E-state index contributed by atoms with van der Waals surface area (Å²) in [4.78, 5) is 14.4. The van der Waals surface area contributed by atoms with Gasteiger partial charge in [-0.2, -0.15) is 0 Å². The smallest absolute Gasteiger partial charge is 0.318 e. The maximum atomic E-state index is 12.7. The minimum atomic E-state index is -0.173. The molecule has 0 saturated carbocycles. The van der Waals surface area contributed by atoms with Gasteiger partial charge in [-0.05, 0) is 16.7 Å². The van der Waals surface area contributed by atoms with Crippen LogP contribution in [0.2, 0.25) is 0 Å². The topological polar surface area (TPSA) is 32.3 Å². The Morgan fingerprint density at radius 1 is 0.800 bits per heavy atom. The highest BCUT2D eigenvalue weighted by Gasteiger charge is 2.18. The summed E-state index contributed by atoms with van der Waals surface area (Å²) in [6.45, 7) is 0.572. The van der Waals surface area contributed by atoms with Gasteiger partial charge >= 0.3 is 6.03 Å². The minimum absolute atomic E-state index is 0.0958. The summed E-state index contributed by atoms with van der Waals surface area (Å²) in [6, 6.07) is 29.8. The van der Waals surface area contributed by atoms with Crippen LogP contribution in [-0.4, -0.2) is 18.0 Å². The lowest BCUT2D eigenvalue weighted by atomic mass is 9.99. The van der Waals surface area contributed by atoms with Crippen molar-refractivity contribution in [1.29, 1.82) is 0 Å². The Bertz CT molecular complexity index is 749. The summed E-state index contributed by atoms with van der Waals surface area (Å²) >= 11 is 0. The lowest BCUT2D eigenvalue weighted by Crippen LogP contribution is -2.39. The molecule has 126 valence electrons. The molecule has 0 saturated heterocycles. The molecule has 0 bridgehead atoms. The zero-order valence-corrected chi connectivity index (χ0v) is 14.3. The van der Waals surface area contributed by atoms with Crippen molar-refractivity contribution in [2.75, 3.05) is 7.05 Å². The fraction of sp³-hybridized carbons (Fsp3) is 0.136. The van der Waals surface area contributed by atoms with Crippen molar-refractivity contribution in [2.24, 2.45) is 0 Å². The van der Waals surface area contributed by atoms with Crippen LogP contribution < -0.4 is 5.32 Å². The first-order chi connectivity index (χ1) is 12.2. The van der Waals surface area contributed by atoms with Crippen LogP contribution in [0, 0.1) is 0 Å². The summed E-state index contributed by atoms with van der Waals surface area (Å²) in [5, 5.41) is 3.16. The average Bonchev–Trinajstić information content (AvgIpc) is 2.68. The zero-order valence-electron chi connectivity index (χ0n) is 14.3. The molecule has 3 aromatic carbocycles. The van der Waals surface area contributed by atoms with Gasteiger partial charge in [-0.15, -0.1) is 0 Å². The number of amides is 2. The van der Waals surface area contributed by atoms with Gasteiger partial charge in [0.1, 0.15) is 0 Å². The van der Waals surface area contributed by atoms with Crippen LogP contribution in [0.1, 0.15) is 22.7 Å². The minimum Gasteiger partial charge on any atom is -0.327 e. The molecule has 2 amide bonds. The van der Waals surface area contributed by atoms with Crippen molar-refractivity contribution in [2.45, 2.75) is 12.6 Å². The second kappa shape index (κ2) is 8.15. The van der Waals surface area contributed by atoms with Crippen molar-refractivity contribution >= 4 is 6.03 Å². The molecule has 0 aliphatic rings. The van der Waals surface area contributed by atoms with Crippen LogP contribution in [-0.2, 0) is 6.54 Å². The number of rotatable bonds is 5. The highest BCUT2D eigenvalue weighted by molar-refractivity contribution is 5.75. The van der Waals surface area contributed by atoms with E-state index in [1.54, 1.807) is 4.90 Å². The van der Waals surface area contributed by atoms with Crippen LogP contribution >= 0.6 is 0 Å². The number of carbonyl (C=O) groups is 1. The highest BCUT2D eigenvalue weighted by Crippen LogP contribution is 2.22. The lowest BCUT2D eigenvalue weighted by molar-refractivity contribution is 0.204. The van der Waals surface area contributed by atoms with E-state index in [0.717, 1.165) is 16.7 Å².